The third kappa shape index (κ3) is 4.55. The summed E-state index contributed by atoms with van der Waals surface area (Å²) >= 11 is 1.04. The first-order chi connectivity index (χ1) is 7.65. The highest BCUT2D eigenvalue weighted by Gasteiger charge is 2.20. The van der Waals surface area contributed by atoms with E-state index in [9.17, 15) is 9.90 Å². The van der Waals surface area contributed by atoms with Crippen molar-refractivity contribution >= 4 is 17.1 Å². The Labute approximate surface area is 100.0 Å². The Balaban J connectivity index is 2.60. The van der Waals surface area contributed by atoms with Gasteiger partial charge >= 0.3 is 5.30 Å². The Kier molecular flexibility index (Phi) is 5.87. The summed E-state index contributed by atoms with van der Waals surface area (Å²) in [5.74, 6) is 0. The molecule has 5 heteroatoms. The average molecular weight is 246 g/mol. The SMILES string of the molecule is COC1CCC(O)/C=C/C(OC(=O)SC)C1. The molecule has 0 aromatic carbocycles. The number of ether oxygens (including phenoxy) is 2. The predicted molar refractivity (Wildman–Crippen MR) is 63.6 cm³/mol. The van der Waals surface area contributed by atoms with E-state index < -0.39 is 6.10 Å². The molecule has 0 saturated heterocycles. The molecule has 0 aromatic heterocycles. The molecule has 0 amide bonds. The van der Waals surface area contributed by atoms with Gasteiger partial charge in [0.2, 0.25) is 0 Å². The summed E-state index contributed by atoms with van der Waals surface area (Å²) in [6, 6.07) is 0. The van der Waals surface area contributed by atoms with Gasteiger partial charge in [-0.05, 0) is 36.9 Å². The minimum Gasteiger partial charge on any atom is -0.450 e. The molecule has 0 spiro atoms. The van der Waals surface area contributed by atoms with Crippen molar-refractivity contribution in [2.24, 2.45) is 0 Å². The van der Waals surface area contributed by atoms with E-state index in [1.165, 1.54) is 0 Å². The van der Waals surface area contributed by atoms with Crippen molar-refractivity contribution in [2.45, 2.75) is 37.6 Å². The molecule has 3 atom stereocenters. The number of thioether (sulfide) groups is 1. The Bertz CT molecular complexity index is 254. The Hall–Kier alpha value is -0.520. The normalized spacial score (nSPS) is 32.6. The summed E-state index contributed by atoms with van der Waals surface area (Å²) < 4.78 is 10.5. The number of aliphatic hydroxyl groups excluding tert-OH is 1. The minimum atomic E-state index is -0.478. The molecule has 0 bridgehead atoms. The zero-order valence-electron chi connectivity index (χ0n) is 9.59. The quantitative estimate of drug-likeness (QED) is 0.596. The Morgan fingerprint density at radius 3 is 2.81 bits per heavy atom. The maximum absolute atomic E-state index is 11.2. The van der Waals surface area contributed by atoms with E-state index in [-0.39, 0.29) is 17.5 Å². The van der Waals surface area contributed by atoms with Crippen LogP contribution in [-0.4, -0.2) is 42.1 Å². The second-order valence-electron chi connectivity index (χ2n) is 3.73. The molecule has 0 radical (unpaired) electrons. The second-order valence-corrected chi connectivity index (χ2v) is 4.48. The van der Waals surface area contributed by atoms with Gasteiger partial charge in [-0.1, -0.05) is 6.08 Å². The molecule has 16 heavy (non-hydrogen) atoms. The number of rotatable bonds is 2. The number of hydrogen-bond acceptors (Lipinski definition) is 5. The smallest absolute Gasteiger partial charge is 0.367 e. The van der Waals surface area contributed by atoms with Crippen molar-refractivity contribution in [1.29, 1.82) is 0 Å². The topological polar surface area (TPSA) is 55.8 Å². The van der Waals surface area contributed by atoms with Crippen LogP contribution in [0, 0.1) is 0 Å². The molecule has 0 fully saturated rings. The van der Waals surface area contributed by atoms with Crippen LogP contribution in [0.25, 0.3) is 0 Å². The van der Waals surface area contributed by atoms with E-state index in [2.05, 4.69) is 0 Å². The maximum Gasteiger partial charge on any atom is 0.367 e. The Morgan fingerprint density at radius 1 is 1.44 bits per heavy atom. The second kappa shape index (κ2) is 6.93. The zero-order chi connectivity index (χ0) is 12.0. The molecule has 1 N–H and O–H groups in total. The molecule has 1 aliphatic rings. The molecular formula is C11H18O4S. The molecule has 3 unspecified atom stereocenters. The number of aliphatic hydroxyl groups is 1. The van der Waals surface area contributed by atoms with Gasteiger partial charge in [0.15, 0.2) is 0 Å². The van der Waals surface area contributed by atoms with Gasteiger partial charge in [0.05, 0.1) is 12.2 Å². The largest absolute Gasteiger partial charge is 0.450 e. The van der Waals surface area contributed by atoms with Crippen LogP contribution in [-0.2, 0) is 9.47 Å². The standard InChI is InChI=1S/C11H18O4S/c1-14-9-5-3-8(12)4-6-10(7-9)15-11(13)16-2/h4,6,8-10,12H,3,5,7H2,1-2H3/b6-4+. The van der Waals surface area contributed by atoms with Crippen LogP contribution < -0.4 is 0 Å². The van der Waals surface area contributed by atoms with Crippen molar-refractivity contribution in [2.75, 3.05) is 13.4 Å². The molecule has 0 aromatic rings. The van der Waals surface area contributed by atoms with Crippen LogP contribution in [0.4, 0.5) is 4.79 Å². The van der Waals surface area contributed by atoms with Crippen molar-refractivity contribution in [3.05, 3.63) is 12.2 Å². The maximum atomic E-state index is 11.2. The number of carbonyl (C=O) groups is 1. The summed E-state index contributed by atoms with van der Waals surface area (Å²) in [4.78, 5) is 11.2. The van der Waals surface area contributed by atoms with Gasteiger partial charge in [-0.2, -0.15) is 0 Å². The first-order valence-electron chi connectivity index (χ1n) is 5.29. The summed E-state index contributed by atoms with van der Waals surface area (Å²) in [6.45, 7) is 0. The monoisotopic (exact) mass is 246 g/mol. The van der Waals surface area contributed by atoms with Crippen LogP contribution in [0.3, 0.4) is 0 Å². The molecule has 1 rings (SSSR count). The van der Waals surface area contributed by atoms with Crippen LogP contribution >= 0.6 is 11.8 Å². The lowest BCUT2D eigenvalue weighted by atomic mass is 10.00. The highest BCUT2D eigenvalue weighted by Crippen LogP contribution is 2.19. The van der Waals surface area contributed by atoms with Crippen molar-refractivity contribution in [1.82, 2.24) is 0 Å². The molecule has 1 aliphatic carbocycles. The third-order valence-electron chi connectivity index (χ3n) is 2.58. The Morgan fingerprint density at radius 2 is 2.19 bits per heavy atom. The summed E-state index contributed by atoms with van der Waals surface area (Å²) in [7, 11) is 1.63. The lowest BCUT2D eigenvalue weighted by Crippen LogP contribution is -2.25. The summed E-state index contributed by atoms with van der Waals surface area (Å²) in [5, 5.41) is 9.24. The number of carbonyl (C=O) groups excluding carboxylic acids is 1. The van der Waals surface area contributed by atoms with Gasteiger partial charge in [-0.3, -0.25) is 0 Å². The fourth-order valence-electron chi connectivity index (χ4n) is 1.63. The van der Waals surface area contributed by atoms with Gasteiger partial charge in [-0.15, -0.1) is 0 Å². The van der Waals surface area contributed by atoms with E-state index in [1.54, 1.807) is 25.5 Å². The molecule has 0 aliphatic heterocycles. The van der Waals surface area contributed by atoms with Crippen molar-refractivity contribution in [3.63, 3.8) is 0 Å². The highest BCUT2D eigenvalue weighted by molar-refractivity contribution is 8.12. The molecule has 0 heterocycles. The first-order valence-corrected chi connectivity index (χ1v) is 6.52. The predicted octanol–water partition coefficient (Wildman–Crippen LogP) is 1.97. The molecule has 92 valence electrons. The van der Waals surface area contributed by atoms with Crippen LogP contribution in [0.2, 0.25) is 0 Å². The van der Waals surface area contributed by atoms with Gasteiger partial charge in [-0.25, -0.2) is 4.79 Å². The van der Waals surface area contributed by atoms with Crippen molar-refractivity contribution < 1.29 is 19.4 Å². The van der Waals surface area contributed by atoms with E-state index >= 15 is 0 Å². The van der Waals surface area contributed by atoms with E-state index in [0.29, 0.717) is 12.8 Å². The molecule has 4 nitrogen and oxygen atoms in total. The lowest BCUT2D eigenvalue weighted by Gasteiger charge is -2.23. The first kappa shape index (κ1) is 13.5. The minimum absolute atomic E-state index is 0.0271. The average Bonchev–Trinajstić information content (AvgIpc) is 2.28. The van der Waals surface area contributed by atoms with Gasteiger partial charge < -0.3 is 14.6 Å². The molecular weight excluding hydrogens is 228 g/mol. The highest BCUT2D eigenvalue weighted by atomic mass is 32.2. The van der Waals surface area contributed by atoms with Crippen LogP contribution in [0.1, 0.15) is 19.3 Å². The fourth-order valence-corrected chi connectivity index (χ4v) is 1.85. The van der Waals surface area contributed by atoms with E-state index in [1.807, 2.05) is 0 Å². The number of hydrogen-bond donors (Lipinski definition) is 1. The van der Waals surface area contributed by atoms with E-state index in [0.717, 1.165) is 18.2 Å². The third-order valence-corrected chi connectivity index (χ3v) is 3.00. The summed E-state index contributed by atoms with van der Waals surface area (Å²) in [5.41, 5.74) is 0. The van der Waals surface area contributed by atoms with E-state index in [4.69, 9.17) is 9.47 Å². The van der Waals surface area contributed by atoms with Gasteiger partial charge in [0, 0.05) is 13.5 Å². The van der Waals surface area contributed by atoms with Crippen molar-refractivity contribution in [3.8, 4) is 0 Å². The van der Waals surface area contributed by atoms with Crippen LogP contribution in [0.5, 0.6) is 0 Å². The van der Waals surface area contributed by atoms with Gasteiger partial charge in [0.25, 0.3) is 0 Å². The molecule has 0 saturated carbocycles. The number of methoxy groups -OCH3 is 1. The fraction of sp³-hybridized carbons (Fsp3) is 0.727. The lowest BCUT2D eigenvalue weighted by molar-refractivity contribution is 0.0376. The summed E-state index contributed by atoms with van der Waals surface area (Å²) in [6.07, 6.45) is 6.44. The van der Waals surface area contributed by atoms with Crippen LogP contribution in [0.15, 0.2) is 12.2 Å². The van der Waals surface area contributed by atoms with Gasteiger partial charge in [0.1, 0.15) is 6.10 Å². The zero-order valence-corrected chi connectivity index (χ0v) is 10.4.